The zero-order chi connectivity index (χ0) is 14.0. The van der Waals surface area contributed by atoms with Crippen molar-refractivity contribution in [1.29, 1.82) is 0 Å². The minimum absolute atomic E-state index is 0.154. The Morgan fingerprint density at radius 1 is 1.21 bits per heavy atom. The topological polar surface area (TPSA) is 95.7 Å². The normalized spacial score (nSPS) is 12.0. The second-order valence-corrected chi connectivity index (χ2v) is 5.58. The molecule has 0 aromatic carbocycles. The Kier molecular flexibility index (Phi) is 3.55. The van der Waals surface area contributed by atoms with Crippen LogP contribution in [0, 0.1) is 0 Å². The van der Waals surface area contributed by atoms with Crippen LogP contribution in [0.2, 0.25) is 0 Å². The average Bonchev–Trinajstić information content (AvgIpc) is 2.90. The molecule has 0 spiro atoms. The zero-order valence-electron chi connectivity index (χ0n) is 11.8. The Hall–Kier alpha value is -1.92. The number of aromatic nitrogens is 5. The molecule has 2 N–H and O–H groups in total. The van der Waals surface area contributed by atoms with Gasteiger partial charge >= 0.3 is 0 Å². The average molecular weight is 264 g/mol. The standard InChI is InChI=1S/C12H20N6O/c1-5-6-8-10(13)15-17-18(8)7-9-14-16-11(19-9)12(2,3)4/h5-7,13H2,1-4H3. The number of anilines is 1. The highest BCUT2D eigenvalue weighted by molar-refractivity contribution is 5.33. The Morgan fingerprint density at radius 3 is 2.53 bits per heavy atom. The van der Waals surface area contributed by atoms with E-state index in [0.29, 0.717) is 24.1 Å². The molecule has 2 rings (SSSR count). The second kappa shape index (κ2) is 4.99. The van der Waals surface area contributed by atoms with E-state index in [1.165, 1.54) is 0 Å². The van der Waals surface area contributed by atoms with Gasteiger partial charge in [-0.1, -0.05) is 39.3 Å². The van der Waals surface area contributed by atoms with E-state index in [-0.39, 0.29) is 5.41 Å². The number of nitrogens with zero attached hydrogens (tertiary/aromatic N) is 5. The van der Waals surface area contributed by atoms with Crippen molar-refractivity contribution >= 4 is 5.82 Å². The highest BCUT2D eigenvalue weighted by Gasteiger charge is 2.22. The molecule has 0 radical (unpaired) electrons. The molecule has 0 bridgehead atoms. The van der Waals surface area contributed by atoms with Crippen LogP contribution in [0.1, 0.15) is 51.6 Å². The number of nitrogens with two attached hydrogens (primary N) is 1. The molecule has 0 aliphatic rings. The van der Waals surface area contributed by atoms with Crippen LogP contribution in [0.15, 0.2) is 4.42 Å². The largest absolute Gasteiger partial charge is 0.423 e. The lowest BCUT2D eigenvalue weighted by atomic mass is 9.97. The molecule has 0 saturated heterocycles. The van der Waals surface area contributed by atoms with E-state index in [9.17, 15) is 0 Å². The van der Waals surface area contributed by atoms with E-state index in [2.05, 4.69) is 27.4 Å². The summed E-state index contributed by atoms with van der Waals surface area (Å²) in [6.45, 7) is 8.57. The molecule has 0 unspecified atom stereocenters. The summed E-state index contributed by atoms with van der Waals surface area (Å²) < 4.78 is 7.36. The molecule has 2 aromatic rings. The number of rotatable bonds is 4. The first kappa shape index (κ1) is 13.5. The molecule has 0 amide bonds. The summed E-state index contributed by atoms with van der Waals surface area (Å²) in [6, 6.07) is 0. The molecular formula is C12H20N6O. The van der Waals surface area contributed by atoms with Gasteiger partial charge in [0.2, 0.25) is 11.8 Å². The first-order chi connectivity index (χ1) is 8.91. The summed E-state index contributed by atoms with van der Waals surface area (Å²) in [5, 5.41) is 16.0. The van der Waals surface area contributed by atoms with Gasteiger partial charge in [0, 0.05) is 5.41 Å². The van der Waals surface area contributed by atoms with E-state index >= 15 is 0 Å². The maximum Gasteiger partial charge on any atom is 0.238 e. The molecule has 19 heavy (non-hydrogen) atoms. The van der Waals surface area contributed by atoms with Gasteiger partial charge in [-0.25, -0.2) is 4.68 Å². The summed E-state index contributed by atoms with van der Waals surface area (Å²) in [5.74, 6) is 1.61. The van der Waals surface area contributed by atoms with Crippen molar-refractivity contribution in [2.24, 2.45) is 0 Å². The Balaban J connectivity index is 2.20. The van der Waals surface area contributed by atoms with Crippen molar-refractivity contribution in [1.82, 2.24) is 25.2 Å². The first-order valence-corrected chi connectivity index (χ1v) is 6.42. The van der Waals surface area contributed by atoms with Gasteiger partial charge in [-0.05, 0) is 6.42 Å². The van der Waals surface area contributed by atoms with Crippen molar-refractivity contribution in [3.05, 3.63) is 17.5 Å². The molecule has 2 aromatic heterocycles. The van der Waals surface area contributed by atoms with Crippen molar-refractivity contribution < 1.29 is 4.42 Å². The van der Waals surface area contributed by atoms with E-state index in [1.807, 2.05) is 20.8 Å². The van der Waals surface area contributed by atoms with E-state index in [1.54, 1.807) is 4.68 Å². The molecule has 2 heterocycles. The van der Waals surface area contributed by atoms with Crippen LogP contribution in [-0.4, -0.2) is 25.2 Å². The Labute approximate surface area is 112 Å². The lowest BCUT2D eigenvalue weighted by molar-refractivity contribution is 0.361. The third-order valence-corrected chi connectivity index (χ3v) is 2.75. The van der Waals surface area contributed by atoms with Crippen LogP contribution in [0.3, 0.4) is 0 Å². The van der Waals surface area contributed by atoms with Crippen molar-refractivity contribution in [3.8, 4) is 0 Å². The van der Waals surface area contributed by atoms with Gasteiger partial charge in [0.15, 0.2) is 5.82 Å². The third kappa shape index (κ3) is 2.91. The third-order valence-electron chi connectivity index (χ3n) is 2.75. The Bertz CT molecular complexity index is 551. The minimum atomic E-state index is -0.154. The molecule has 0 aliphatic heterocycles. The maximum absolute atomic E-state index is 5.79. The summed E-state index contributed by atoms with van der Waals surface area (Å²) in [4.78, 5) is 0. The van der Waals surface area contributed by atoms with Gasteiger partial charge in [0.1, 0.15) is 6.54 Å². The molecule has 7 heteroatoms. The predicted molar refractivity (Wildman–Crippen MR) is 70.5 cm³/mol. The van der Waals surface area contributed by atoms with Crippen LogP contribution in [0.5, 0.6) is 0 Å². The summed E-state index contributed by atoms with van der Waals surface area (Å²) in [6.07, 6.45) is 1.81. The lowest BCUT2D eigenvalue weighted by Gasteiger charge is -2.11. The zero-order valence-corrected chi connectivity index (χ0v) is 11.8. The lowest BCUT2D eigenvalue weighted by Crippen LogP contribution is -2.11. The van der Waals surface area contributed by atoms with E-state index < -0.39 is 0 Å². The van der Waals surface area contributed by atoms with Crippen LogP contribution in [0.4, 0.5) is 5.82 Å². The highest BCUT2D eigenvalue weighted by Crippen LogP contribution is 2.21. The number of nitrogen functional groups attached to an aromatic ring is 1. The van der Waals surface area contributed by atoms with Gasteiger partial charge in [-0.15, -0.1) is 15.3 Å². The van der Waals surface area contributed by atoms with Crippen LogP contribution >= 0.6 is 0 Å². The number of hydrogen-bond donors (Lipinski definition) is 1. The Morgan fingerprint density at radius 2 is 1.95 bits per heavy atom. The van der Waals surface area contributed by atoms with Crippen molar-refractivity contribution in [2.45, 2.75) is 52.5 Å². The smallest absolute Gasteiger partial charge is 0.238 e. The van der Waals surface area contributed by atoms with E-state index in [0.717, 1.165) is 18.5 Å². The van der Waals surface area contributed by atoms with Gasteiger partial charge in [-0.3, -0.25) is 0 Å². The second-order valence-electron chi connectivity index (χ2n) is 5.58. The van der Waals surface area contributed by atoms with Crippen molar-refractivity contribution in [2.75, 3.05) is 5.73 Å². The van der Waals surface area contributed by atoms with Crippen LogP contribution < -0.4 is 5.73 Å². The van der Waals surface area contributed by atoms with Gasteiger partial charge in [0.25, 0.3) is 0 Å². The fourth-order valence-electron chi connectivity index (χ4n) is 1.72. The molecular weight excluding hydrogens is 244 g/mol. The predicted octanol–water partition coefficient (Wildman–Crippen LogP) is 1.54. The van der Waals surface area contributed by atoms with Crippen molar-refractivity contribution in [3.63, 3.8) is 0 Å². The quantitative estimate of drug-likeness (QED) is 0.899. The molecule has 7 nitrogen and oxygen atoms in total. The maximum atomic E-state index is 5.79. The SMILES string of the molecule is CCCc1c(N)nnn1Cc1nnc(C(C)(C)C)o1. The molecule has 0 aliphatic carbocycles. The van der Waals surface area contributed by atoms with Gasteiger partial charge in [0.05, 0.1) is 5.69 Å². The highest BCUT2D eigenvalue weighted by atomic mass is 16.4. The van der Waals surface area contributed by atoms with Crippen LogP contribution in [-0.2, 0) is 18.4 Å². The first-order valence-electron chi connectivity index (χ1n) is 6.42. The van der Waals surface area contributed by atoms with Gasteiger partial charge in [-0.2, -0.15) is 0 Å². The molecule has 104 valence electrons. The number of hydrogen-bond acceptors (Lipinski definition) is 6. The van der Waals surface area contributed by atoms with Gasteiger partial charge < -0.3 is 10.2 Å². The van der Waals surface area contributed by atoms with Crippen LogP contribution in [0.25, 0.3) is 0 Å². The van der Waals surface area contributed by atoms with E-state index in [4.69, 9.17) is 10.2 Å². The summed E-state index contributed by atoms with van der Waals surface area (Å²) >= 11 is 0. The molecule has 0 atom stereocenters. The summed E-state index contributed by atoms with van der Waals surface area (Å²) in [5.41, 5.74) is 6.56. The molecule has 0 fully saturated rings. The fraction of sp³-hybridized carbons (Fsp3) is 0.667. The monoisotopic (exact) mass is 264 g/mol. The summed E-state index contributed by atoms with van der Waals surface area (Å²) in [7, 11) is 0. The fourth-order valence-corrected chi connectivity index (χ4v) is 1.72. The minimum Gasteiger partial charge on any atom is -0.423 e. The molecule has 0 saturated carbocycles.